The number of amides is 1. The molecule has 4 rings (SSSR count). The Morgan fingerprint density at radius 2 is 1.89 bits per heavy atom. The summed E-state index contributed by atoms with van der Waals surface area (Å²) in [5.41, 5.74) is 3.97. The molecule has 1 atom stereocenters. The van der Waals surface area contributed by atoms with Gasteiger partial charge in [-0.1, -0.05) is 42.0 Å². The molecule has 0 radical (unpaired) electrons. The first-order chi connectivity index (χ1) is 13.7. The van der Waals surface area contributed by atoms with Crippen molar-refractivity contribution in [1.82, 2.24) is 10.2 Å². The van der Waals surface area contributed by atoms with Gasteiger partial charge in [0.1, 0.15) is 0 Å². The summed E-state index contributed by atoms with van der Waals surface area (Å²) in [5.74, 6) is 0.848. The summed E-state index contributed by atoms with van der Waals surface area (Å²) in [6, 6.07) is 21.9. The predicted octanol–water partition coefficient (Wildman–Crippen LogP) is 4.31. The fourth-order valence-corrected chi connectivity index (χ4v) is 3.62. The maximum Gasteiger partial charge on any atom is 0.229 e. The molecule has 28 heavy (non-hydrogen) atoms. The number of rotatable bonds is 4. The average molecular weight is 372 g/mol. The van der Waals surface area contributed by atoms with Crippen LogP contribution in [0.3, 0.4) is 0 Å². The quantitative estimate of drug-likeness (QED) is 0.741. The van der Waals surface area contributed by atoms with Crippen LogP contribution in [0.25, 0.3) is 11.3 Å². The maximum absolute atomic E-state index is 12.6. The van der Waals surface area contributed by atoms with E-state index in [1.54, 1.807) is 0 Å². The van der Waals surface area contributed by atoms with Gasteiger partial charge in [-0.05, 0) is 50.1 Å². The first-order valence-electron chi connectivity index (χ1n) is 9.71. The molecule has 0 unspecified atom stereocenters. The lowest BCUT2D eigenvalue weighted by molar-refractivity contribution is -0.120. The van der Waals surface area contributed by atoms with E-state index in [4.69, 9.17) is 0 Å². The molecule has 3 aromatic rings. The molecule has 5 heteroatoms. The molecule has 1 aliphatic rings. The molecule has 0 bridgehead atoms. The first-order valence-corrected chi connectivity index (χ1v) is 9.71. The summed E-state index contributed by atoms with van der Waals surface area (Å²) < 4.78 is 0. The van der Waals surface area contributed by atoms with Gasteiger partial charge in [-0.3, -0.25) is 4.79 Å². The molecule has 1 N–H and O–H groups in total. The second kappa shape index (κ2) is 8.21. The fraction of sp³-hybridized carbons (Fsp3) is 0.261. The van der Waals surface area contributed by atoms with E-state index in [0.29, 0.717) is 6.54 Å². The second-order valence-electron chi connectivity index (χ2n) is 7.29. The Morgan fingerprint density at radius 3 is 2.64 bits per heavy atom. The number of hydrogen-bond donors (Lipinski definition) is 1. The van der Waals surface area contributed by atoms with Gasteiger partial charge in [0, 0.05) is 24.3 Å². The zero-order valence-corrected chi connectivity index (χ0v) is 16.0. The number of carbonyl (C=O) groups is 1. The van der Waals surface area contributed by atoms with Crippen LogP contribution in [0.4, 0.5) is 11.5 Å². The number of aromatic nitrogens is 2. The van der Waals surface area contributed by atoms with Crippen LogP contribution >= 0.6 is 0 Å². The Hall–Kier alpha value is -3.21. The SMILES string of the molecule is Cc1cccc(-c2ccc(N3CCC[C@H](C(=O)Nc4ccccc4)C3)nn2)c1. The van der Waals surface area contributed by atoms with Crippen molar-refractivity contribution >= 4 is 17.4 Å². The third-order valence-corrected chi connectivity index (χ3v) is 5.12. The minimum atomic E-state index is -0.0489. The van der Waals surface area contributed by atoms with Gasteiger partial charge in [0.25, 0.3) is 0 Å². The van der Waals surface area contributed by atoms with Crippen molar-refractivity contribution < 1.29 is 4.79 Å². The lowest BCUT2D eigenvalue weighted by atomic mass is 9.97. The molecule has 1 aliphatic heterocycles. The van der Waals surface area contributed by atoms with Crippen molar-refractivity contribution in [3.05, 3.63) is 72.3 Å². The normalized spacial score (nSPS) is 16.6. The van der Waals surface area contributed by atoms with E-state index in [1.807, 2.05) is 54.6 Å². The summed E-state index contributed by atoms with van der Waals surface area (Å²) in [7, 11) is 0. The Kier molecular flexibility index (Phi) is 5.33. The average Bonchev–Trinajstić information content (AvgIpc) is 2.75. The van der Waals surface area contributed by atoms with Gasteiger partial charge < -0.3 is 10.2 Å². The maximum atomic E-state index is 12.6. The molecule has 0 saturated carbocycles. The van der Waals surface area contributed by atoms with Gasteiger partial charge in [0.15, 0.2) is 5.82 Å². The highest BCUT2D eigenvalue weighted by Gasteiger charge is 2.26. The summed E-state index contributed by atoms with van der Waals surface area (Å²) in [6.07, 6.45) is 1.86. The smallest absolute Gasteiger partial charge is 0.229 e. The number of hydrogen-bond acceptors (Lipinski definition) is 4. The number of para-hydroxylation sites is 1. The largest absolute Gasteiger partial charge is 0.354 e. The number of nitrogens with one attached hydrogen (secondary N) is 1. The van der Waals surface area contributed by atoms with E-state index < -0.39 is 0 Å². The Labute approximate surface area is 165 Å². The molecule has 2 heterocycles. The van der Waals surface area contributed by atoms with Crippen molar-refractivity contribution in [2.75, 3.05) is 23.3 Å². The molecule has 1 saturated heterocycles. The molecule has 1 fully saturated rings. The van der Waals surface area contributed by atoms with E-state index in [9.17, 15) is 4.79 Å². The summed E-state index contributed by atoms with van der Waals surface area (Å²) in [4.78, 5) is 14.8. The molecule has 0 spiro atoms. The van der Waals surface area contributed by atoms with Crippen LogP contribution in [-0.2, 0) is 4.79 Å². The highest BCUT2D eigenvalue weighted by atomic mass is 16.1. The highest BCUT2D eigenvalue weighted by Crippen LogP contribution is 2.24. The third kappa shape index (κ3) is 4.19. The van der Waals surface area contributed by atoms with Crippen molar-refractivity contribution in [2.24, 2.45) is 5.92 Å². The van der Waals surface area contributed by atoms with Gasteiger partial charge in [-0.15, -0.1) is 10.2 Å². The summed E-state index contributed by atoms with van der Waals surface area (Å²) >= 11 is 0. The second-order valence-corrected chi connectivity index (χ2v) is 7.29. The molecular formula is C23H24N4O. The Morgan fingerprint density at radius 1 is 1.04 bits per heavy atom. The van der Waals surface area contributed by atoms with Crippen LogP contribution < -0.4 is 10.2 Å². The van der Waals surface area contributed by atoms with Gasteiger partial charge in [0.2, 0.25) is 5.91 Å². The minimum Gasteiger partial charge on any atom is -0.354 e. The molecule has 2 aromatic carbocycles. The van der Waals surface area contributed by atoms with Crippen LogP contribution in [-0.4, -0.2) is 29.2 Å². The molecular weight excluding hydrogens is 348 g/mol. The van der Waals surface area contributed by atoms with E-state index in [1.165, 1.54) is 5.56 Å². The number of aryl methyl sites for hydroxylation is 1. The van der Waals surface area contributed by atoms with Crippen LogP contribution in [0.1, 0.15) is 18.4 Å². The Balaban J connectivity index is 1.43. The van der Waals surface area contributed by atoms with Crippen LogP contribution in [0, 0.1) is 12.8 Å². The van der Waals surface area contributed by atoms with Crippen LogP contribution in [0.5, 0.6) is 0 Å². The fourth-order valence-electron chi connectivity index (χ4n) is 3.62. The minimum absolute atomic E-state index is 0.0489. The zero-order valence-electron chi connectivity index (χ0n) is 16.0. The number of piperidine rings is 1. The standard InChI is InChI=1S/C23H24N4O/c1-17-7-5-8-18(15-17)21-12-13-22(26-25-21)27-14-6-9-19(16-27)23(28)24-20-10-3-2-4-11-20/h2-5,7-8,10-13,15,19H,6,9,14,16H2,1H3,(H,24,28)/t19-/m0/s1. The Bertz CT molecular complexity index is 940. The molecule has 1 amide bonds. The van der Waals surface area contributed by atoms with Crippen molar-refractivity contribution in [2.45, 2.75) is 19.8 Å². The molecule has 5 nitrogen and oxygen atoms in total. The highest BCUT2D eigenvalue weighted by molar-refractivity contribution is 5.93. The molecule has 0 aliphatic carbocycles. The third-order valence-electron chi connectivity index (χ3n) is 5.12. The monoisotopic (exact) mass is 372 g/mol. The summed E-state index contributed by atoms with van der Waals surface area (Å²) in [5, 5.41) is 11.9. The summed E-state index contributed by atoms with van der Waals surface area (Å²) in [6.45, 7) is 3.63. The van der Waals surface area contributed by atoms with Gasteiger partial charge in [-0.25, -0.2) is 0 Å². The van der Waals surface area contributed by atoms with Gasteiger partial charge >= 0.3 is 0 Å². The molecule has 1 aromatic heterocycles. The number of anilines is 2. The van der Waals surface area contributed by atoms with Crippen molar-refractivity contribution in [3.63, 3.8) is 0 Å². The molecule has 142 valence electrons. The topological polar surface area (TPSA) is 58.1 Å². The lowest BCUT2D eigenvalue weighted by Crippen LogP contribution is -2.41. The van der Waals surface area contributed by atoms with E-state index in [2.05, 4.69) is 39.5 Å². The zero-order chi connectivity index (χ0) is 19.3. The van der Waals surface area contributed by atoms with Crippen molar-refractivity contribution in [1.29, 1.82) is 0 Å². The van der Waals surface area contributed by atoms with E-state index >= 15 is 0 Å². The lowest BCUT2D eigenvalue weighted by Gasteiger charge is -2.32. The van der Waals surface area contributed by atoms with E-state index in [0.717, 1.165) is 42.1 Å². The van der Waals surface area contributed by atoms with E-state index in [-0.39, 0.29) is 11.8 Å². The van der Waals surface area contributed by atoms with Crippen LogP contribution in [0.2, 0.25) is 0 Å². The van der Waals surface area contributed by atoms with Gasteiger partial charge in [0.05, 0.1) is 11.6 Å². The van der Waals surface area contributed by atoms with Crippen molar-refractivity contribution in [3.8, 4) is 11.3 Å². The number of nitrogens with zero attached hydrogens (tertiary/aromatic N) is 3. The van der Waals surface area contributed by atoms with Crippen LogP contribution in [0.15, 0.2) is 66.7 Å². The number of carbonyl (C=O) groups excluding carboxylic acids is 1. The number of benzene rings is 2. The van der Waals surface area contributed by atoms with Gasteiger partial charge in [-0.2, -0.15) is 0 Å². The first kappa shape index (κ1) is 18.2. The predicted molar refractivity (Wildman–Crippen MR) is 112 cm³/mol.